The van der Waals surface area contributed by atoms with E-state index in [0.29, 0.717) is 26.4 Å². The predicted molar refractivity (Wildman–Crippen MR) is 169 cm³/mol. The molecule has 0 radical (unpaired) electrons. The van der Waals surface area contributed by atoms with Crippen molar-refractivity contribution in [2.75, 3.05) is 26.4 Å². The maximum Gasteiger partial charge on any atom is 0.131 e. The molecule has 0 unspecified atom stereocenters. The van der Waals surface area contributed by atoms with E-state index in [0.717, 1.165) is 59.8 Å². The zero-order valence-corrected chi connectivity index (χ0v) is 25.6. The summed E-state index contributed by atoms with van der Waals surface area (Å²) in [4.78, 5) is 2.37. The zero-order chi connectivity index (χ0) is 27.2. The van der Waals surface area contributed by atoms with E-state index in [2.05, 4.69) is 64.1 Å². The monoisotopic (exact) mass is 580 g/mol. The topological polar surface area (TPSA) is 36.9 Å². The van der Waals surface area contributed by atoms with E-state index < -0.39 is 0 Å². The minimum Gasteiger partial charge on any atom is -0.493 e. The van der Waals surface area contributed by atoms with Crippen molar-refractivity contribution in [3.8, 4) is 43.9 Å². The van der Waals surface area contributed by atoms with Gasteiger partial charge >= 0.3 is 0 Å². The van der Waals surface area contributed by atoms with Gasteiger partial charge in [-0.3, -0.25) is 0 Å². The third-order valence-corrected chi connectivity index (χ3v) is 9.95. The predicted octanol–water partition coefficient (Wildman–Crippen LogP) is 10.7. The second-order valence-corrected chi connectivity index (χ2v) is 12.6. The molecule has 7 heteroatoms. The lowest BCUT2D eigenvalue weighted by Gasteiger charge is -2.15. The van der Waals surface area contributed by atoms with Crippen molar-refractivity contribution in [1.82, 2.24) is 0 Å². The first-order valence-corrected chi connectivity index (χ1v) is 16.4. The lowest BCUT2D eigenvalue weighted by Crippen LogP contribution is -2.00. The van der Waals surface area contributed by atoms with Gasteiger partial charge in [0.15, 0.2) is 0 Å². The van der Waals surface area contributed by atoms with Gasteiger partial charge in [-0.15, -0.1) is 34.0 Å². The molecule has 5 aromatic rings. The Hall–Kier alpha value is -2.74. The lowest BCUT2D eigenvalue weighted by atomic mass is 10.1. The highest BCUT2D eigenvalue weighted by atomic mass is 32.1. The van der Waals surface area contributed by atoms with Crippen molar-refractivity contribution in [3.05, 3.63) is 48.5 Å². The van der Waals surface area contributed by atoms with Crippen molar-refractivity contribution in [2.24, 2.45) is 0 Å². The minimum absolute atomic E-state index is 0.685. The average molecular weight is 581 g/mol. The summed E-state index contributed by atoms with van der Waals surface area (Å²) in [6.45, 7) is 11.3. The molecule has 0 spiro atoms. The van der Waals surface area contributed by atoms with Crippen LogP contribution in [0.5, 0.6) is 23.0 Å². The van der Waals surface area contributed by atoms with E-state index in [1.54, 1.807) is 0 Å². The van der Waals surface area contributed by atoms with Crippen LogP contribution in [-0.2, 0) is 0 Å². The molecule has 0 fully saturated rings. The molecule has 3 heterocycles. The van der Waals surface area contributed by atoms with Crippen LogP contribution in [0, 0.1) is 0 Å². The van der Waals surface area contributed by atoms with Crippen molar-refractivity contribution < 1.29 is 18.9 Å². The fraction of sp³-hybridized carbons (Fsp3) is 0.375. The molecular formula is C32H36O4S3. The summed E-state index contributed by atoms with van der Waals surface area (Å²) in [5.74, 6) is 3.56. The van der Waals surface area contributed by atoms with Gasteiger partial charge in [-0.05, 0) is 62.1 Å². The molecule has 0 saturated carbocycles. The third-order valence-electron chi connectivity index (χ3n) is 6.14. The second kappa shape index (κ2) is 13.1. The van der Waals surface area contributed by atoms with Crippen LogP contribution in [-0.4, -0.2) is 26.4 Å². The first kappa shape index (κ1) is 27.8. The zero-order valence-electron chi connectivity index (χ0n) is 23.1. The van der Waals surface area contributed by atoms with Gasteiger partial charge in [0.1, 0.15) is 23.0 Å². The largest absolute Gasteiger partial charge is 0.493 e. The van der Waals surface area contributed by atoms with Crippen molar-refractivity contribution >= 4 is 52.8 Å². The summed E-state index contributed by atoms with van der Waals surface area (Å²) >= 11 is 5.49. The summed E-state index contributed by atoms with van der Waals surface area (Å²) in [5, 5.41) is 0. The maximum atomic E-state index is 6.18. The van der Waals surface area contributed by atoms with Crippen molar-refractivity contribution in [3.63, 3.8) is 0 Å². The maximum absolute atomic E-state index is 6.18. The average Bonchev–Trinajstić information content (AvgIpc) is 3.63. The summed E-state index contributed by atoms with van der Waals surface area (Å²) in [7, 11) is 0. The number of hydrogen-bond acceptors (Lipinski definition) is 7. The van der Waals surface area contributed by atoms with Crippen LogP contribution in [0.2, 0.25) is 0 Å². The molecule has 0 amide bonds. The van der Waals surface area contributed by atoms with Crippen LogP contribution >= 0.6 is 34.0 Å². The Kier molecular flexibility index (Phi) is 9.32. The Morgan fingerprint density at radius 3 is 1.13 bits per heavy atom. The number of fused-ring (bicyclic) bond motifs is 3. The van der Waals surface area contributed by atoms with Crippen LogP contribution in [0.3, 0.4) is 0 Å². The number of benzene rings is 2. The number of thiophene rings is 3. The summed E-state index contributed by atoms with van der Waals surface area (Å²) < 4.78 is 29.9. The van der Waals surface area contributed by atoms with Crippen LogP contribution in [0.4, 0.5) is 0 Å². The molecule has 0 aliphatic heterocycles. The second-order valence-electron chi connectivity index (χ2n) is 9.36. The smallest absolute Gasteiger partial charge is 0.131 e. The molecule has 0 saturated heterocycles. The van der Waals surface area contributed by atoms with Gasteiger partial charge in [0.25, 0.3) is 0 Å². The van der Waals surface area contributed by atoms with Crippen LogP contribution in [0.15, 0.2) is 48.5 Å². The highest BCUT2D eigenvalue weighted by molar-refractivity contribution is 7.40. The minimum atomic E-state index is 0.685. The van der Waals surface area contributed by atoms with E-state index in [9.17, 15) is 0 Å². The molecule has 5 rings (SSSR count). The normalized spacial score (nSPS) is 11.4. The molecule has 39 heavy (non-hydrogen) atoms. The Labute approximate surface area is 243 Å². The summed E-state index contributed by atoms with van der Waals surface area (Å²) in [6.07, 6.45) is 3.85. The highest BCUT2D eigenvalue weighted by Gasteiger charge is 2.22. The standard InChI is InChI=1S/C32H36O4S3/c1-5-15-33-21-11-9-12-22(34-16-6-2)29(21)25-19-27-31(38-25)32-28(37-27)20-26(39-32)30-23(35-17-7-3)13-10-14-24(30)36-18-8-4/h9-14,19-20H,5-8,15-18H2,1-4H3. The Morgan fingerprint density at radius 1 is 0.487 bits per heavy atom. The fourth-order valence-corrected chi connectivity index (χ4v) is 8.55. The molecule has 2 aromatic carbocycles. The van der Waals surface area contributed by atoms with Gasteiger partial charge in [-0.2, -0.15) is 0 Å². The van der Waals surface area contributed by atoms with Gasteiger partial charge < -0.3 is 18.9 Å². The molecular weight excluding hydrogens is 545 g/mol. The van der Waals surface area contributed by atoms with E-state index in [-0.39, 0.29) is 0 Å². The first-order valence-electron chi connectivity index (χ1n) is 13.9. The first-order chi connectivity index (χ1) is 19.2. The lowest BCUT2D eigenvalue weighted by molar-refractivity contribution is 0.304. The number of rotatable bonds is 14. The van der Waals surface area contributed by atoms with E-state index >= 15 is 0 Å². The molecule has 4 nitrogen and oxygen atoms in total. The molecule has 0 bridgehead atoms. The number of ether oxygens (including phenoxy) is 4. The van der Waals surface area contributed by atoms with Crippen LogP contribution in [0.25, 0.3) is 39.7 Å². The van der Waals surface area contributed by atoms with Gasteiger partial charge in [-0.1, -0.05) is 39.8 Å². The van der Waals surface area contributed by atoms with E-state index in [1.165, 1.54) is 28.6 Å². The highest BCUT2D eigenvalue weighted by Crippen LogP contribution is 2.52. The number of hydrogen-bond donors (Lipinski definition) is 0. The van der Waals surface area contributed by atoms with Crippen molar-refractivity contribution in [1.29, 1.82) is 0 Å². The SMILES string of the molecule is CCCOc1cccc(OCCC)c1-c1cc2sc3cc(-c4c(OCCC)cccc4OCCC)sc3c2s1. The molecule has 0 aliphatic rings. The van der Waals surface area contributed by atoms with Gasteiger partial charge in [-0.25, -0.2) is 0 Å². The molecule has 0 atom stereocenters. The Balaban J connectivity index is 1.59. The molecule has 0 aliphatic carbocycles. The fourth-order valence-electron chi connectivity index (χ4n) is 4.42. The summed E-state index contributed by atoms with van der Waals surface area (Å²) in [5.41, 5.74) is 2.12. The van der Waals surface area contributed by atoms with Crippen molar-refractivity contribution in [2.45, 2.75) is 53.4 Å². The molecule has 0 N–H and O–H groups in total. The van der Waals surface area contributed by atoms with Crippen LogP contribution in [0.1, 0.15) is 53.4 Å². The van der Waals surface area contributed by atoms with Gasteiger partial charge in [0.05, 0.1) is 47.0 Å². The third kappa shape index (κ3) is 5.91. The quantitative estimate of drug-likeness (QED) is 0.131. The van der Waals surface area contributed by atoms with Crippen LogP contribution < -0.4 is 18.9 Å². The molecule has 206 valence electrons. The van der Waals surface area contributed by atoms with E-state index in [4.69, 9.17) is 18.9 Å². The molecule has 3 aromatic heterocycles. The Bertz CT molecular complexity index is 1360. The Morgan fingerprint density at radius 2 is 0.821 bits per heavy atom. The van der Waals surface area contributed by atoms with E-state index in [1.807, 2.05) is 46.1 Å². The van der Waals surface area contributed by atoms with Gasteiger partial charge in [0, 0.05) is 19.2 Å². The summed E-state index contributed by atoms with van der Waals surface area (Å²) in [6, 6.07) is 16.9. The van der Waals surface area contributed by atoms with Gasteiger partial charge in [0.2, 0.25) is 0 Å².